The smallest absolute Gasteiger partial charge is 0.152 e. The van der Waals surface area contributed by atoms with E-state index in [-0.39, 0.29) is 0 Å². The molecule has 6 heteroatoms. The Morgan fingerprint density at radius 1 is 1.05 bits per heavy atom. The van der Waals surface area contributed by atoms with Gasteiger partial charge in [0.15, 0.2) is 5.15 Å². The van der Waals surface area contributed by atoms with E-state index in [2.05, 4.69) is 5.10 Å². The van der Waals surface area contributed by atoms with E-state index in [0.29, 0.717) is 10.2 Å². The van der Waals surface area contributed by atoms with Crippen LogP contribution in [-0.4, -0.2) is 20.2 Å². The van der Waals surface area contributed by atoms with E-state index in [4.69, 9.17) is 23.2 Å². The summed E-state index contributed by atoms with van der Waals surface area (Å²) in [7, 11) is -0.999. The lowest BCUT2D eigenvalue weighted by Crippen LogP contribution is -1.99. The molecule has 3 nitrogen and oxygen atoms in total. The molecule has 0 amide bonds. The number of nitrogens with zero attached hydrogens (tertiary/aromatic N) is 2. The van der Waals surface area contributed by atoms with Crippen molar-refractivity contribution in [3.05, 3.63) is 64.8 Å². The van der Waals surface area contributed by atoms with Gasteiger partial charge in [0.05, 0.1) is 11.4 Å². The molecule has 0 bridgehead atoms. The average Bonchev–Trinajstić information content (AvgIpc) is 2.89. The van der Waals surface area contributed by atoms with Crippen LogP contribution in [0.4, 0.5) is 0 Å². The maximum atomic E-state index is 11.5. The van der Waals surface area contributed by atoms with Crippen LogP contribution < -0.4 is 0 Å². The topological polar surface area (TPSA) is 34.9 Å². The van der Waals surface area contributed by atoms with Crippen LogP contribution in [0, 0.1) is 0 Å². The first-order valence-electron chi connectivity index (χ1n) is 6.50. The molecule has 1 atom stereocenters. The van der Waals surface area contributed by atoms with Gasteiger partial charge >= 0.3 is 0 Å². The summed E-state index contributed by atoms with van der Waals surface area (Å²) >= 11 is 12.1. The second kappa shape index (κ2) is 6.24. The third kappa shape index (κ3) is 3.09. The maximum absolute atomic E-state index is 11.5. The summed E-state index contributed by atoms with van der Waals surface area (Å²) in [6.45, 7) is 0. The monoisotopic (exact) mass is 350 g/mol. The van der Waals surface area contributed by atoms with Crippen molar-refractivity contribution in [2.45, 2.75) is 4.90 Å². The molecule has 3 rings (SSSR count). The van der Waals surface area contributed by atoms with Gasteiger partial charge in [-0.25, -0.2) is 4.68 Å². The van der Waals surface area contributed by atoms with E-state index >= 15 is 0 Å². The predicted octanol–water partition coefficient (Wildman–Crippen LogP) is 4.58. The lowest BCUT2D eigenvalue weighted by atomic mass is 10.1. The summed E-state index contributed by atoms with van der Waals surface area (Å²) in [4.78, 5) is 0.781. The minimum atomic E-state index is -0.999. The predicted molar refractivity (Wildman–Crippen MR) is 91.4 cm³/mol. The third-order valence-corrected chi connectivity index (χ3v) is 4.57. The Morgan fingerprint density at radius 2 is 1.77 bits per heavy atom. The molecule has 0 radical (unpaired) electrons. The van der Waals surface area contributed by atoms with Crippen LogP contribution in [0.3, 0.4) is 0 Å². The number of hydrogen-bond donors (Lipinski definition) is 0. The van der Waals surface area contributed by atoms with Gasteiger partial charge in [-0.1, -0.05) is 41.4 Å². The first-order chi connectivity index (χ1) is 10.5. The van der Waals surface area contributed by atoms with Crippen molar-refractivity contribution >= 4 is 34.0 Å². The van der Waals surface area contributed by atoms with Gasteiger partial charge in [-0.15, -0.1) is 0 Å². The summed E-state index contributed by atoms with van der Waals surface area (Å²) in [5.74, 6) is 0. The molecule has 0 aliphatic carbocycles. The largest absolute Gasteiger partial charge is 0.255 e. The van der Waals surface area contributed by atoms with Crippen LogP contribution in [0.15, 0.2) is 59.5 Å². The van der Waals surface area contributed by atoms with Gasteiger partial charge < -0.3 is 0 Å². The van der Waals surface area contributed by atoms with Crippen LogP contribution >= 0.6 is 23.2 Å². The molecule has 2 aromatic carbocycles. The third-order valence-electron chi connectivity index (χ3n) is 3.21. The summed E-state index contributed by atoms with van der Waals surface area (Å²) in [5, 5.41) is 5.35. The zero-order valence-electron chi connectivity index (χ0n) is 11.7. The number of halogens is 2. The minimum absolute atomic E-state index is 0.401. The Morgan fingerprint density at radius 3 is 2.41 bits per heavy atom. The summed E-state index contributed by atoms with van der Waals surface area (Å²) < 4.78 is 13.2. The van der Waals surface area contributed by atoms with Crippen LogP contribution in [-0.2, 0) is 10.8 Å². The molecule has 1 aromatic heterocycles. The Hall–Kier alpha value is -1.62. The van der Waals surface area contributed by atoms with Gasteiger partial charge in [0, 0.05) is 38.6 Å². The first kappa shape index (κ1) is 15.3. The lowest BCUT2D eigenvalue weighted by molar-refractivity contribution is 0.687. The maximum Gasteiger partial charge on any atom is 0.152 e. The lowest BCUT2D eigenvalue weighted by Gasteiger charge is -2.08. The van der Waals surface area contributed by atoms with Gasteiger partial charge in [-0.05, 0) is 30.3 Å². The van der Waals surface area contributed by atoms with Gasteiger partial charge in [0.25, 0.3) is 0 Å². The van der Waals surface area contributed by atoms with E-state index in [1.807, 2.05) is 42.5 Å². The molecule has 0 N–H and O–H groups in total. The van der Waals surface area contributed by atoms with Crippen molar-refractivity contribution in [2.24, 2.45) is 0 Å². The van der Waals surface area contributed by atoms with Crippen molar-refractivity contribution in [1.29, 1.82) is 0 Å². The van der Waals surface area contributed by atoms with Gasteiger partial charge in [-0.2, -0.15) is 5.10 Å². The van der Waals surface area contributed by atoms with Crippen molar-refractivity contribution < 1.29 is 4.21 Å². The quantitative estimate of drug-likeness (QED) is 0.692. The summed E-state index contributed by atoms with van der Waals surface area (Å²) in [5.41, 5.74) is 2.62. The Kier molecular flexibility index (Phi) is 4.34. The molecule has 0 aliphatic heterocycles. The van der Waals surface area contributed by atoms with E-state index in [1.54, 1.807) is 23.1 Å². The van der Waals surface area contributed by atoms with E-state index in [0.717, 1.165) is 21.8 Å². The Balaban J connectivity index is 2.10. The van der Waals surface area contributed by atoms with Crippen molar-refractivity contribution in [3.8, 4) is 16.9 Å². The number of benzene rings is 2. The molecule has 22 heavy (non-hydrogen) atoms. The molecular formula is C16H12Cl2N2OS. The van der Waals surface area contributed by atoms with Crippen LogP contribution in [0.25, 0.3) is 16.9 Å². The zero-order chi connectivity index (χ0) is 15.7. The second-order valence-corrected chi connectivity index (χ2v) is 6.93. The molecule has 1 heterocycles. The van der Waals surface area contributed by atoms with Crippen LogP contribution in [0.5, 0.6) is 0 Å². The molecule has 112 valence electrons. The molecule has 0 saturated carbocycles. The highest BCUT2D eigenvalue weighted by Crippen LogP contribution is 2.27. The van der Waals surface area contributed by atoms with Gasteiger partial charge in [0.1, 0.15) is 0 Å². The highest BCUT2D eigenvalue weighted by molar-refractivity contribution is 7.84. The van der Waals surface area contributed by atoms with Crippen molar-refractivity contribution in [1.82, 2.24) is 9.78 Å². The molecule has 0 fully saturated rings. The zero-order valence-corrected chi connectivity index (χ0v) is 14.0. The Bertz CT molecular complexity index is 844. The fourth-order valence-electron chi connectivity index (χ4n) is 2.18. The fraction of sp³-hybridized carbons (Fsp3) is 0.0625. The summed E-state index contributed by atoms with van der Waals surface area (Å²) in [6, 6.07) is 16.7. The molecule has 3 aromatic rings. The highest BCUT2D eigenvalue weighted by Gasteiger charge is 2.11. The van der Waals surface area contributed by atoms with Crippen LogP contribution in [0.2, 0.25) is 10.2 Å². The SMILES string of the molecule is CS(=O)c1ccc(-c2cc(Cl)nn2-c2cccc(Cl)c2)cc1. The van der Waals surface area contributed by atoms with Crippen molar-refractivity contribution in [3.63, 3.8) is 0 Å². The summed E-state index contributed by atoms with van der Waals surface area (Å²) in [6.07, 6.45) is 1.65. The average molecular weight is 351 g/mol. The number of rotatable bonds is 3. The van der Waals surface area contributed by atoms with E-state index in [1.165, 1.54) is 0 Å². The van der Waals surface area contributed by atoms with Gasteiger partial charge in [0.2, 0.25) is 0 Å². The van der Waals surface area contributed by atoms with E-state index in [9.17, 15) is 4.21 Å². The second-order valence-electron chi connectivity index (χ2n) is 4.72. The van der Waals surface area contributed by atoms with Gasteiger partial charge in [-0.3, -0.25) is 4.21 Å². The molecule has 0 aliphatic rings. The number of aromatic nitrogens is 2. The Labute approximate surface area is 140 Å². The first-order valence-corrected chi connectivity index (χ1v) is 8.81. The molecule has 1 unspecified atom stereocenters. The fourth-order valence-corrected chi connectivity index (χ4v) is 3.06. The standard InChI is InChI=1S/C16H12Cl2N2OS/c1-22(21)14-7-5-11(6-8-14)15-10-16(18)19-20(15)13-4-2-3-12(17)9-13/h2-10H,1H3. The normalized spacial score (nSPS) is 12.3. The van der Waals surface area contributed by atoms with Crippen molar-refractivity contribution in [2.75, 3.05) is 6.26 Å². The van der Waals surface area contributed by atoms with Crippen LogP contribution in [0.1, 0.15) is 0 Å². The van der Waals surface area contributed by atoms with E-state index < -0.39 is 10.8 Å². The molecule has 0 saturated heterocycles. The molecular weight excluding hydrogens is 339 g/mol. The number of hydrogen-bond acceptors (Lipinski definition) is 2. The molecule has 0 spiro atoms. The highest BCUT2D eigenvalue weighted by atomic mass is 35.5. The minimum Gasteiger partial charge on any atom is -0.255 e.